The average Bonchev–Trinajstić information content (AvgIpc) is 2.14. The standard InChI is InChI=1S/C10H15N3O2/c1-10(2,3)13-9-11-6-5-7(12-9)8(14)15-4/h5-6H,1-4H3,(H,11,12,13). The second-order valence-corrected chi connectivity index (χ2v) is 4.13. The molecule has 1 N–H and O–H groups in total. The second kappa shape index (κ2) is 4.25. The molecule has 0 amide bonds. The van der Waals surface area contributed by atoms with E-state index in [2.05, 4.69) is 20.0 Å². The van der Waals surface area contributed by atoms with Crippen LogP contribution in [-0.2, 0) is 4.74 Å². The zero-order valence-corrected chi connectivity index (χ0v) is 9.37. The highest BCUT2D eigenvalue weighted by Gasteiger charge is 2.13. The molecule has 0 aliphatic carbocycles. The van der Waals surface area contributed by atoms with Crippen LogP contribution in [0.4, 0.5) is 5.95 Å². The fourth-order valence-corrected chi connectivity index (χ4v) is 0.973. The number of rotatable bonds is 2. The molecule has 0 unspecified atom stereocenters. The molecule has 0 bridgehead atoms. The average molecular weight is 209 g/mol. The molecule has 1 aromatic rings. The molecule has 82 valence electrons. The van der Waals surface area contributed by atoms with Crippen LogP contribution in [0.2, 0.25) is 0 Å². The summed E-state index contributed by atoms with van der Waals surface area (Å²) in [6.45, 7) is 5.96. The van der Waals surface area contributed by atoms with Gasteiger partial charge in [-0.15, -0.1) is 0 Å². The summed E-state index contributed by atoms with van der Waals surface area (Å²) in [7, 11) is 1.32. The fourth-order valence-electron chi connectivity index (χ4n) is 0.973. The van der Waals surface area contributed by atoms with E-state index in [0.29, 0.717) is 5.95 Å². The van der Waals surface area contributed by atoms with Gasteiger partial charge in [-0.2, -0.15) is 0 Å². The molecule has 0 radical (unpaired) electrons. The maximum atomic E-state index is 11.2. The molecule has 0 saturated carbocycles. The predicted molar refractivity (Wildman–Crippen MR) is 56.7 cm³/mol. The van der Waals surface area contributed by atoms with Gasteiger partial charge >= 0.3 is 5.97 Å². The summed E-state index contributed by atoms with van der Waals surface area (Å²) in [6.07, 6.45) is 1.52. The minimum absolute atomic E-state index is 0.144. The first kappa shape index (κ1) is 11.4. The first-order valence-corrected chi connectivity index (χ1v) is 4.62. The highest BCUT2D eigenvalue weighted by molar-refractivity contribution is 5.87. The summed E-state index contributed by atoms with van der Waals surface area (Å²) in [5.41, 5.74) is 0.105. The molecule has 0 spiro atoms. The van der Waals surface area contributed by atoms with Crippen LogP contribution < -0.4 is 5.32 Å². The van der Waals surface area contributed by atoms with Gasteiger partial charge in [0.1, 0.15) is 0 Å². The summed E-state index contributed by atoms with van der Waals surface area (Å²) < 4.78 is 4.56. The van der Waals surface area contributed by atoms with E-state index in [1.54, 1.807) is 0 Å². The van der Waals surface area contributed by atoms with E-state index >= 15 is 0 Å². The Morgan fingerprint density at radius 1 is 1.47 bits per heavy atom. The Labute approximate surface area is 88.9 Å². The summed E-state index contributed by atoms with van der Waals surface area (Å²) in [4.78, 5) is 19.2. The maximum Gasteiger partial charge on any atom is 0.356 e. The van der Waals surface area contributed by atoms with Gasteiger partial charge in [-0.3, -0.25) is 0 Å². The molecule has 5 heteroatoms. The van der Waals surface area contributed by atoms with Crippen molar-refractivity contribution in [2.45, 2.75) is 26.3 Å². The lowest BCUT2D eigenvalue weighted by Gasteiger charge is -2.20. The quantitative estimate of drug-likeness (QED) is 0.747. The van der Waals surface area contributed by atoms with Crippen molar-refractivity contribution in [3.05, 3.63) is 18.0 Å². The van der Waals surface area contributed by atoms with Crippen LogP contribution in [0.1, 0.15) is 31.3 Å². The van der Waals surface area contributed by atoms with Crippen molar-refractivity contribution in [2.24, 2.45) is 0 Å². The van der Waals surface area contributed by atoms with Crippen molar-refractivity contribution in [1.29, 1.82) is 0 Å². The van der Waals surface area contributed by atoms with Crippen molar-refractivity contribution in [2.75, 3.05) is 12.4 Å². The largest absolute Gasteiger partial charge is 0.464 e. The molecule has 0 aliphatic heterocycles. The monoisotopic (exact) mass is 209 g/mol. The smallest absolute Gasteiger partial charge is 0.356 e. The van der Waals surface area contributed by atoms with Gasteiger partial charge in [-0.05, 0) is 26.8 Å². The Bertz CT molecular complexity index is 358. The van der Waals surface area contributed by atoms with Crippen molar-refractivity contribution in [3.8, 4) is 0 Å². The number of carbonyl (C=O) groups excluding carboxylic acids is 1. The van der Waals surface area contributed by atoms with Crippen LogP contribution in [0.5, 0.6) is 0 Å². The summed E-state index contributed by atoms with van der Waals surface area (Å²) in [6, 6.07) is 1.51. The van der Waals surface area contributed by atoms with Crippen LogP contribution >= 0.6 is 0 Å². The van der Waals surface area contributed by atoms with Crippen LogP contribution in [-0.4, -0.2) is 28.6 Å². The fraction of sp³-hybridized carbons (Fsp3) is 0.500. The minimum atomic E-state index is -0.464. The van der Waals surface area contributed by atoms with Gasteiger partial charge < -0.3 is 10.1 Å². The molecule has 5 nitrogen and oxygen atoms in total. The molecule has 0 saturated heterocycles. The van der Waals surface area contributed by atoms with Crippen LogP contribution in [0.15, 0.2) is 12.3 Å². The number of esters is 1. The zero-order valence-electron chi connectivity index (χ0n) is 9.37. The Kier molecular flexibility index (Phi) is 3.24. The van der Waals surface area contributed by atoms with E-state index in [0.717, 1.165) is 0 Å². The third kappa shape index (κ3) is 3.53. The second-order valence-electron chi connectivity index (χ2n) is 4.13. The lowest BCUT2D eigenvalue weighted by molar-refractivity contribution is 0.0594. The van der Waals surface area contributed by atoms with Crippen molar-refractivity contribution >= 4 is 11.9 Å². The summed E-state index contributed by atoms with van der Waals surface area (Å²) in [5, 5.41) is 3.07. The predicted octanol–water partition coefficient (Wildman–Crippen LogP) is 1.47. The third-order valence-electron chi connectivity index (χ3n) is 1.54. The first-order chi connectivity index (χ1) is 6.92. The van der Waals surface area contributed by atoms with Crippen molar-refractivity contribution in [3.63, 3.8) is 0 Å². The van der Waals surface area contributed by atoms with Gasteiger partial charge in [0.15, 0.2) is 5.69 Å². The van der Waals surface area contributed by atoms with Gasteiger partial charge in [-0.1, -0.05) is 0 Å². The molecule has 1 aromatic heterocycles. The topological polar surface area (TPSA) is 64.1 Å². The number of anilines is 1. The van der Waals surface area contributed by atoms with Gasteiger partial charge in [0, 0.05) is 11.7 Å². The number of hydrogen-bond acceptors (Lipinski definition) is 5. The van der Waals surface area contributed by atoms with E-state index in [4.69, 9.17) is 0 Å². The van der Waals surface area contributed by atoms with Gasteiger partial charge in [0.05, 0.1) is 7.11 Å². The summed E-state index contributed by atoms with van der Waals surface area (Å²) >= 11 is 0. The van der Waals surface area contributed by atoms with Gasteiger partial charge in [0.25, 0.3) is 0 Å². The molecule has 1 heterocycles. The van der Waals surface area contributed by atoms with Gasteiger partial charge in [-0.25, -0.2) is 14.8 Å². The Hall–Kier alpha value is -1.65. The van der Waals surface area contributed by atoms with E-state index in [1.165, 1.54) is 19.4 Å². The molecular formula is C10H15N3O2. The Morgan fingerprint density at radius 3 is 2.67 bits per heavy atom. The van der Waals surface area contributed by atoms with E-state index < -0.39 is 5.97 Å². The minimum Gasteiger partial charge on any atom is -0.464 e. The summed E-state index contributed by atoms with van der Waals surface area (Å²) in [5.74, 6) is -0.0419. The SMILES string of the molecule is COC(=O)c1ccnc(NC(C)(C)C)n1. The molecule has 0 aromatic carbocycles. The lowest BCUT2D eigenvalue weighted by Crippen LogP contribution is -2.27. The Balaban J connectivity index is 2.88. The molecule has 15 heavy (non-hydrogen) atoms. The van der Waals surface area contributed by atoms with E-state index in [1.807, 2.05) is 20.8 Å². The zero-order chi connectivity index (χ0) is 11.5. The highest BCUT2D eigenvalue weighted by Crippen LogP contribution is 2.09. The molecule has 1 rings (SSSR count). The number of ether oxygens (including phenoxy) is 1. The molecule has 0 fully saturated rings. The van der Waals surface area contributed by atoms with Crippen LogP contribution in [0.3, 0.4) is 0 Å². The van der Waals surface area contributed by atoms with Crippen LogP contribution in [0.25, 0.3) is 0 Å². The van der Waals surface area contributed by atoms with Crippen molar-refractivity contribution in [1.82, 2.24) is 9.97 Å². The number of nitrogens with one attached hydrogen (secondary N) is 1. The highest BCUT2D eigenvalue weighted by atomic mass is 16.5. The third-order valence-corrected chi connectivity index (χ3v) is 1.54. The Morgan fingerprint density at radius 2 is 2.13 bits per heavy atom. The number of aromatic nitrogens is 2. The van der Waals surface area contributed by atoms with Gasteiger partial charge in [0.2, 0.25) is 5.95 Å². The first-order valence-electron chi connectivity index (χ1n) is 4.62. The molecular weight excluding hydrogens is 194 g/mol. The van der Waals surface area contributed by atoms with Crippen LogP contribution in [0, 0.1) is 0 Å². The van der Waals surface area contributed by atoms with Crippen molar-refractivity contribution < 1.29 is 9.53 Å². The molecule has 0 atom stereocenters. The number of nitrogens with zero attached hydrogens (tertiary/aromatic N) is 2. The molecule has 0 aliphatic rings. The number of carbonyl (C=O) groups is 1. The maximum absolute atomic E-state index is 11.2. The number of hydrogen-bond donors (Lipinski definition) is 1. The lowest BCUT2D eigenvalue weighted by atomic mass is 10.1. The van der Waals surface area contributed by atoms with E-state index in [9.17, 15) is 4.79 Å². The number of methoxy groups -OCH3 is 1. The van der Waals surface area contributed by atoms with E-state index in [-0.39, 0.29) is 11.2 Å². The normalized spacial score (nSPS) is 10.9.